The van der Waals surface area contributed by atoms with Crippen LogP contribution in [-0.2, 0) is 0 Å². The number of amides is 1. The van der Waals surface area contributed by atoms with E-state index in [2.05, 4.69) is 19.2 Å². The number of nitrogens with one attached hydrogen (secondary N) is 1. The first-order valence-electron chi connectivity index (χ1n) is 8.78. The van der Waals surface area contributed by atoms with Crippen molar-refractivity contribution in [3.8, 4) is 5.75 Å². The molecule has 0 saturated heterocycles. The molecule has 1 aromatic rings. The molecule has 0 aliphatic carbocycles. The summed E-state index contributed by atoms with van der Waals surface area (Å²) in [6.07, 6.45) is 4.41. The summed E-state index contributed by atoms with van der Waals surface area (Å²) in [4.78, 5) is 14.4. The van der Waals surface area contributed by atoms with Gasteiger partial charge < -0.3 is 15.0 Å². The van der Waals surface area contributed by atoms with E-state index in [-0.39, 0.29) is 5.91 Å². The highest BCUT2D eigenvalue weighted by Gasteiger charge is 2.18. The normalized spacial score (nSPS) is 21.0. The highest BCUT2D eigenvalue weighted by atomic mass is 16.5. The monoisotopic (exact) mass is 318 g/mol. The van der Waals surface area contributed by atoms with E-state index in [4.69, 9.17) is 4.74 Å². The van der Waals surface area contributed by atoms with E-state index >= 15 is 0 Å². The van der Waals surface area contributed by atoms with Gasteiger partial charge in [0, 0.05) is 19.6 Å². The van der Waals surface area contributed by atoms with Crippen molar-refractivity contribution < 1.29 is 9.53 Å². The third kappa shape index (κ3) is 5.54. The van der Waals surface area contributed by atoms with E-state index in [1.54, 1.807) is 4.90 Å². The number of hydrogen-bond acceptors (Lipinski definition) is 3. The number of nitrogens with zero attached hydrogens (tertiary/aromatic N) is 1. The smallest absolute Gasteiger partial charge is 0.257 e. The SMILES string of the molecule is CC(C)C[C@H]1COc2ccccc2C(=O)N(C)CCCCCN1. The van der Waals surface area contributed by atoms with Crippen molar-refractivity contribution in [3.63, 3.8) is 0 Å². The molecule has 1 N–H and O–H groups in total. The first-order chi connectivity index (χ1) is 11.1. The number of hydrogen-bond donors (Lipinski definition) is 1. The zero-order chi connectivity index (χ0) is 16.7. The molecule has 23 heavy (non-hydrogen) atoms. The molecule has 0 aromatic heterocycles. The molecule has 0 unspecified atom stereocenters. The molecule has 128 valence electrons. The Morgan fingerprint density at radius 2 is 2.04 bits per heavy atom. The Balaban J connectivity index is 2.16. The van der Waals surface area contributed by atoms with Gasteiger partial charge in [-0.25, -0.2) is 0 Å². The van der Waals surface area contributed by atoms with Crippen molar-refractivity contribution in [2.75, 3.05) is 26.7 Å². The summed E-state index contributed by atoms with van der Waals surface area (Å²) in [5.41, 5.74) is 0.664. The molecule has 0 fully saturated rings. The van der Waals surface area contributed by atoms with Gasteiger partial charge in [-0.3, -0.25) is 4.79 Å². The highest BCUT2D eigenvalue weighted by molar-refractivity contribution is 5.96. The molecule has 4 heteroatoms. The van der Waals surface area contributed by atoms with Crippen LogP contribution in [0, 0.1) is 5.92 Å². The van der Waals surface area contributed by atoms with E-state index in [1.807, 2.05) is 31.3 Å². The minimum Gasteiger partial charge on any atom is -0.491 e. The summed E-state index contributed by atoms with van der Waals surface area (Å²) >= 11 is 0. The predicted molar refractivity (Wildman–Crippen MR) is 94.0 cm³/mol. The van der Waals surface area contributed by atoms with Crippen LogP contribution in [0.4, 0.5) is 0 Å². The maximum absolute atomic E-state index is 12.6. The number of rotatable bonds is 2. The fourth-order valence-corrected chi connectivity index (χ4v) is 3.00. The largest absolute Gasteiger partial charge is 0.491 e. The molecule has 0 radical (unpaired) electrons. The van der Waals surface area contributed by atoms with E-state index in [0.717, 1.165) is 38.8 Å². The molecule has 0 saturated carbocycles. The molecule has 1 aliphatic heterocycles. The second kappa shape index (κ2) is 8.92. The lowest BCUT2D eigenvalue weighted by Gasteiger charge is -2.22. The highest BCUT2D eigenvalue weighted by Crippen LogP contribution is 2.21. The first kappa shape index (κ1) is 17.8. The summed E-state index contributed by atoms with van der Waals surface area (Å²) in [5.74, 6) is 1.36. The molecule has 1 atom stereocenters. The standard InChI is InChI=1S/C19H30N2O2/c1-15(2)13-16-14-23-18-10-6-5-9-17(18)19(22)21(3)12-8-4-7-11-20-16/h5-6,9-10,15-16,20H,4,7-8,11-14H2,1-3H3/t16-/m0/s1. The number of ether oxygens (including phenoxy) is 1. The zero-order valence-electron chi connectivity index (χ0n) is 14.7. The van der Waals surface area contributed by atoms with Crippen LogP contribution < -0.4 is 10.1 Å². The third-order valence-electron chi connectivity index (χ3n) is 4.26. The van der Waals surface area contributed by atoms with Gasteiger partial charge in [0.2, 0.25) is 0 Å². The average molecular weight is 318 g/mol. The van der Waals surface area contributed by atoms with E-state index in [1.165, 1.54) is 0 Å². The molecule has 4 nitrogen and oxygen atoms in total. The fraction of sp³-hybridized carbons (Fsp3) is 0.632. The number of para-hydroxylation sites is 1. The lowest BCUT2D eigenvalue weighted by atomic mass is 10.0. The summed E-state index contributed by atoms with van der Waals surface area (Å²) in [5, 5.41) is 3.62. The molecular weight excluding hydrogens is 288 g/mol. The number of carbonyl (C=O) groups excluding carboxylic acids is 1. The van der Waals surface area contributed by atoms with Gasteiger partial charge in [-0.15, -0.1) is 0 Å². The lowest BCUT2D eigenvalue weighted by molar-refractivity contribution is 0.0788. The number of fused-ring (bicyclic) bond motifs is 1. The van der Waals surface area contributed by atoms with Crippen molar-refractivity contribution in [2.24, 2.45) is 5.92 Å². The maximum Gasteiger partial charge on any atom is 0.257 e. The number of carbonyl (C=O) groups is 1. The van der Waals surface area contributed by atoms with Crippen LogP contribution in [0.5, 0.6) is 5.75 Å². The Labute approximate surface area is 140 Å². The Kier molecular flexibility index (Phi) is 6.90. The van der Waals surface area contributed by atoms with E-state index in [9.17, 15) is 4.79 Å². The van der Waals surface area contributed by atoms with Crippen LogP contribution in [0.2, 0.25) is 0 Å². The quantitative estimate of drug-likeness (QED) is 0.909. The van der Waals surface area contributed by atoms with Crippen LogP contribution in [0.3, 0.4) is 0 Å². The second-order valence-electron chi connectivity index (χ2n) is 6.88. The second-order valence-corrected chi connectivity index (χ2v) is 6.88. The predicted octanol–water partition coefficient (Wildman–Crippen LogP) is 3.33. The van der Waals surface area contributed by atoms with Crippen LogP contribution in [0.1, 0.15) is 49.9 Å². The summed E-state index contributed by atoms with van der Waals surface area (Å²) < 4.78 is 6.02. The molecule has 0 bridgehead atoms. The van der Waals surface area contributed by atoms with Crippen molar-refractivity contribution in [1.29, 1.82) is 0 Å². The van der Waals surface area contributed by atoms with E-state index < -0.39 is 0 Å². The average Bonchev–Trinajstić information content (AvgIpc) is 2.54. The molecule has 1 aromatic carbocycles. The Bertz CT molecular complexity index is 502. The van der Waals surface area contributed by atoms with Gasteiger partial charge in [0.15, 0.2) is 0 Å². The van der Waals surface area contributed by atoms with Gasteiger partial charge in [-0.2, -0.15) is 0 Å². The van der Waals surface area contributed by atoms with Crippen molar-refractivity contribution in [3.05, 3.63) is 29.8 Å². The summed E-state index contributed by atoms with van der Waals surface area (Å²) in [6, 6.07) is 7.91. The van der Waals surface area contributed by atoms with Crippen molar-refractivity contribution >= 4 is 5.91 Å². The fourth-order valence-electron chi connectivity index (χ4n) is 3.00. The number of benzene rings is 1. The summed E-state index contributed by atoms with van der Waals surface area (Å²) in [6.45, 7) is 6.87. The summed E-state index contributed by atoms with van der Waals surface area (Å²) in [7, 11) is 1.87. The van der Waals surface area contributed by atoms with Crippen LogP contribution in [0.25, 0.3) is 0 Å². The van der Waals surface area contributed by atoms with Gasteiger partial charge in [-0.05, 0) is 43.9 Å². The van der Waals surface area contributed by atoms with Crippen molar-refractivity contribution in [1.82, 2.24) is 10.2 Å². The Hall–Kier alpha value is -1.55. The maximum atomic E-state index is 12.6. The molecule has 1 aliphatic rings. The van der Waals surface area contributed by atoms with Crippen LogP contribution in [0.15, 0.2) is 24.3 Å². The van der Waals surface area contributed by atoms with Gasteiger partial charge >= 0.3 is 0 Å². The van der Waals surface area contributed by atoms with Gasteiger partial charge in [0.1, 0.15) is 12.4 Å². The minimum atomic E-state index is 0.0493. The lowest BCUT2D eigenvalue weighted by Crippen LogP contribution is -2.36. The third-order valence-corrected chi connectivity index (χ3v) is 4.26. The Morgan fingerprint density at radius 1 is 1.26 bits per heavy atom. The first-order valence-corrected chi connectivity index (χ1v) is 8.78. The van der Waals surface area contributed by atoms with Gasteiger partial charge in [0.05, 0.1) is 5.56 Å². The van der Waals surface area contributed by atoms with E-state index in [0.29, 0.717) is 29.9 Å². The zero-order valence-corrected chi connectivity index (χ0v) is 14.7. The van der Waals surface area contributed by atoms with Crippen molar-refractivity contribution in [2.45, 2.75) is 45.6 Å². The molecule has 0 spiro atoms. The molecule has 1 heterocycles. The molecule has 2 rings (SSSR count). The van der Waals surface area contributed by atoms with Gasteiger partial charge in [0.25, 0.3) is 5.91 Å². The Morgan fingerprint density at radius 3 is 2.83 bits per heavy atom. The molecule has 1 amide bonds. The minimum absolute atomic E-state index is 0.0493. The van der Waals surface area contributed by atoms with Crippen LogP contribution in [-0.4, -0.2) is 43.6 Å². The topological polar surface area (TPSA) is 41.6 Å². The molecular formula is C19H30N2O2. The van der Waals surface area contributed by atoms with Crippen LogP contribution >= 0.6 is 0 Å². The van der Waals surface area contributed by atoms with Gasteiger partial charge in [-0.1, -0.05) is 32.4 Å².